The van der Waals surface area contributed by atoms with E-state index in [2.05, 4.69) is 12.2 Å². The third kappa shape index (κ3) is 11.5. The minimum atomic E-state index is -4.27. The summed E-state index contributed by atoms with van der Waals surface area (Å²) in [7, 11) is 0. The van der Waals surface area contributed by atoms with Crippen LogP contribution in [-0.2, 0) is 17.5 Å². The maximum atomic E-state index is 12.5. The molecule has 0 amide bonds. The highest BCUT2D eigenvalue weighted by molar-refractivity contribution is 5.24. The molecule has 0 atom stereocenters. The van der Waals surface area contributed by atoms with Crippen LogP contribution in [0.3, 0.4) is 0 Å². The molecule has 0 unspecified atom stereocenters. The Morgan fingerprint density at radius 1 is 0.808 bits per heavy atom. The molecule has 1 aromatic carbocycles. The fraction of sp³-hybridized carbons (Fsp3) is 0.714. The molecule has 0 aliphatic heterocycles. The largest absolute Gasteiger partial charge is 0.416 e. The van der Waals surface area contributed by atoms with Crippen LogP contribution in [0.25, 0.3) is 0 Å². The standard InChI is InChI=1S/C21H34F3NO/c1-2-3-4-5-6-7-8-9-10-16-26-17-15-25-18-19-11-13-20(14-12-19)21(22,23)24/h11-14,25H,2-10,15-18H2,1H3. The summed E-state index contributed by atoms with van der Waals surface area (Å²) < 4.78 is 43.0. The van der Waals surface area contributed by atoms with Gasteiger partial charge in [-0.05, 0) is 24.1 Å². The molecule has 0 spiro atoms. The molecule has 5 heteroatoms. The molecule has 2 nitrogen and oxygen atoms in total. The topological polar surface area (TPSA) is 21.3 Å². The van der Waals surface area contributed by atoms with Crippen LogP contribution in [0.5, 0.6) is 0 Å². The van der Waals surface area contributed by atoms with Crippen LogP contribution in [0.2, 0.25) is 0 Å². The number of halogens is 3. The quantitative estimate of drug-likeness (QED) is 0.362. The lowest BCUT2D eigenvalue weighted by molar-refractivity contribution is -0.137. The molecule has 150 valence electrons. The van der Waals surface area contributed by atoms with Gasteiger partial charge in [0.1, 0.15) is 0 Å². The molecule has 0 aromatic heterocycles. The molecule has 1 N–H and O–H groups in total. The van der Waals surface area contributed by atoms with Crippen LogP contribution in [0.4, 0.5) is 13.2 Å². The van der Waals surface area contributed by atoms with E-state index in [0.29, 0.717) is 19.7 Å². The zero-order valence-corrected chi connectivity index (χ0v) is 16.0. The summed E-state index contributed by atoms with van der Waals surface area (Å²) in [4.78, 5) is 0. The van der Waals surface area contributed by atoms with Crippen LogP contribution in [0.15, 0.2) is 24.3 Å². The van der Waals surface area contributed by atoms with Crippen LogP contribution in [0, 0.1) is 0 Å². The van der Waals surface area contributed by atoms with Gasteiger partial charge in [0, 0.05) is 19.7 Å². The van der Waals surface area contributed by atoms with Crippen molar-refractivity contribution in [1.29, 1.82) is 0 Å². The summed E-state index contributed by atoms with van der Waals surface area (Å²) in [5.74, 6) is 0. The van der Waals surface area contributed by atoms with E-state index in [1.165, 1.54) is 63.5 Å². The Balaban J connectivity index is 1.89. The lowest BCUT2D eigenvalue weighted by Crippen LogP contribution is -2.19. The lowest BCUT2D eigenvalue weighted by atomic mass is 10.1. The van der Waals surface area contributed by atoms with Gasteiger partial charge in [-0.1, -0.05) is 70.4 Å². The lowest BCUT2D eigenvalue weighted by Gasteiger charge is -2.09. The van der Waals surface area contributed by atoms with Gasteiger partial charge in [0.05, 0.1) is 12.2 Å². The Kier molecular flexibility index (Phi) is 12.4. The first-order valence-corrected chi connectivity index (χ1v) is 9.98. The number of nitrogens with one attached hydrogen (secondary N) is 1. The maximum Gasteiger partial charge on any atom is 0.416 e. The third-order valence-electron chi connectivity index (χ3n) is 4.43. The molecule has 0 bridgehead atoms. The normalized spacial score (nSPS) is 11.8. The highest BCUT2D eigenvalue weighted by atomic mass is 19.4. The number of hydrogen-bond acceptors (Lipinski definition) is 2. The molecule has 0 fully saturated rings. The van der Waals surface area contributed by atoms with E-state index in [0.717, 1.165) is 30.7 Å². The molecule has 1 rings (SSSR count). The Bertz CT molecular complexity index is 446. The molecular formula is C21H34F3NO. The number of hydrogen-bond donors (Lipinski definition) is 1. The van der Waals surface area contributed by atoms with Gasteiger partial charge in [-0.2, -0.15) is 13.2 Å². The molecule has 1 aromatic rings. The SMILES string of the molecule is CCCCCCCCCCCOCCNCc1ccc(C(F)(F)F)cc1. The maximum absolute atomic E-state index is 12.5. The first-order chi connectivity index (χ1) is 12.5. The Morgan fingerprint density at radius 2 is 1.38 bits per heavy atom. The smallest absolute Gasteiger partial charge is 0.380 e. The van der Waals surface area contributed by atoms with Gasteiger partial charge < -0.3 is 10.1 Å². The summed E-state index contributed by atoms with van der Waals surface area (Å²) in [6.07, 6.45) is 7.45. The van der Waals surface area contributed by atoms with Gasteiger partial charge in [-0.15, -0.1) is 0 Å². The second-order valence-corrected chi connectivity index (χ2v) is 6.81. The Labute approximate surface area is 156 Å². The van der Waals surface area contributed by atoms with Crippen LogP contribution < -0.4 is 5.32 Å². The molecule has 0 radical (unpaired) electrons. The summed E-state index contributed by atoms with van der Waals surface area (Å²) in [5.41, 5.74) is 0.238. The molecule has 0 aliphatic rings. The van der Waals surface area contributed by atoms with Gasteiger partial charge in [0.15, 0.2) is 0 Å². The van der Waals surface area contributed by atoms with Crippen molar-refractivity contribution in [2.45, 2.75) is 77.4 Å². The van der Waals surface area contributed by atoms with Crippen molar-refractivity contribution in [2.24, 2.45) is 0 Å². The molecular weight excluding hydrogens is 339 g/mol. The van der Waals surface area contributed by atoms with E-state index in [9.17, 15) is 13.2 Å². The number of ether oxygens (including phenoxy) is 1. The van der Waals surface area contributed by atoms with E-state index in [-0.39, 0.29) is 0 Å². The zero-order valence-electron chi connectivity index (χ0n) is 16.0. The van der Waals surface area contributed by atoms with Crippen molar-refractivity contribution in [3.05, 3.63) is 35.4 Å². The van der Waals surface area contributed by atoms with Gasteiger partial charge >= 0.3 is 6.18 Å². The first-order valence-electron chi connectivity index (χ1n) is 9.98. The van der Waals surface area contributed by atoms with Crippen molar-refractivity contribution in [3.63, 3.8) is 0 Å². The number of rotatable bonds is 15. The van der Waals surface area contributed by atoms with E-state index in [4.69, 9.17) is 4.74 Å². The molecule has 0 saturated carbocycles. The Morgan fingerprint density at radius 3 is 1.96 bits per heavy atom. The second kappa shape index (κ2) is 14.0. The number of unbranched alkanes of at least 4 members (excludes halogenated alkanes) is 8. The van der Waals surface area contributed by atoms with E-state index < -0.39 is 11.7 Å². The van der Waals surface area contributed by atoms with Crippen molar-refractivity contribution in [1.82, 2.24) is 5.32 Å². The van der Waals surface area contributed by atoms with Crippen LogP contribution in [-0.4, -0.2) is 19.8 Å². The number of alkyl halides is 3. The zero-order chi connectivity index (χ0) is 19.1. The van der Waals surface area contributed by atoms with Crippen molar-refractivity contribution in [2.75, 3.05) is 19.8 Å². The molecule has 26 heavy (non-hydrogen) atoms. The fourth-order valence-corrected chi connectivity index (χ4v) is 2.81. The van der Waals surface area contributed by atoms with Gasteiger partial charge in [0.2, 0.25) is 0 Å². The summed E-state index contributed by atoms with van der Waals surface area (Å²) in [6, 6.07) is 5.27. The predicted octanol–water partition coefficient (Wildman–Crippen LogP) is 6.34. The average Bonchev–Trinajstić information content (AvgIpc) is 2.61. The Hall–Kier alpha value is -1.07. The van der Waals surface area contributed by atoms with Crippen molar-refractivity contribution >= 4 is 0 Å². The fourth-order valence-electron chi connectivity index (χ4n) is 2.81. The molecule has 0 heterocycles. The van der Waals surface area contributed by atoms with Gasteiger partial charge in [0.25, 0.3) is 0 Å². The highest BCUT2D eigenvalue weighted by Crippen LogP contribution is 2.29. The van der Waals surface area contributed by atoms with E-state index in [1.807, 2.05) is 0 Å². The van der Waals surface area contributed by atoms with Gasteiger partial charge in [-0.3, -0.25) is 0 Å². The van der Waals surface area contributed by atoms with E-state index >= 15 is 0 Å². The predicted molar refractivity (Wildman–Crippen MR) is 101 cm³/mol. The first kappa shape index (κ1) is 23.0. The summed E-state index contributed by atoms with van der Waals surface area (Å²) in [5, 5.41) is 3.19. The third-order valence-corrected chi connectivity index (χ3v) is 4.43. The van der Waals surface area contributed by atoms with Gasteiger partial charge in [-0.25, -0.2) is 0 Å². The average molecular weight is 374 g/mol. The summed E-state index contributed by atoms with van der Waals surface area (Å²) >= 11 is 0. The highest BCUT2D eigenvalue weighted by Gasteiger charge is 2.29. The van der Waals surface area contributed by atoms with Crippen molar-refractivity contribution in [3.8, 4) is 0 Å². The molecule has 0 aliphatic carbocycles. The second-order valence-electron chi connectivity index (χ2n) is 6.81. The minimum Gasteiger partial charge on any atom is -0.380 e. The van der Waals surface area contributed by atoms with Crippen molar-refractivity contribution < 1.29 is 17.9 Å². The molecule has 0 saturated heterocycles. The minimum absolute atomic E-state index is 0.555. The summed E-state index contributed by atoms with van der Waals surface area (Å²) in [6.45, 7) is 4.93. The van der Waals surface area contributed by atoms with Crippen LogP contribution >= 0.6 is 0 Å². The van der Waals surface area contributed by atoms with Crippen LogP contribution in [0.1, 0.15) is 75.8 Å². The number of benzene rings is 1. The van der Waals surface area contributed by atoms with E-state index in [1.54, 1.807) is 0 Å². The monoisotopic (exact) mass is 373 g/mol.